The van der Waals surface area contributed by atoms with Gasteiger partial charge in [-0.05, 0) is 25.5 Å². The molecule has 2 saturated heterocycles. The van der Waals surface area contributed by atoms with Gasteiger partial charge in [0.1, 0.15) is 0 Å². The summed E-state index contributed by atoms with van der Waals surface area (Å²) in [6.45, 7) is 4.11. The molecular formula is C16H22ClNO6S. The smallest absolute Gasteiger partial charge is 0.212 e. The maximum Gasteiger partial charge on any atom is 0.256 e. The lowest BCUT2D eigenvalue weighted by Gasteiger charge is -2.44. The van der Waals surface area contributed by atoms with Gasteiger partial charge in [0.2, 0.25) is 15.8 Å². The first-order chi connectivity index (χ1) is 11.8. The van der Waals surface area contributed by atoms with E-state index in [2.05, 4.69) is 0 Å². The molecular weight excluding hydrogens is 370 g/mol. The van der Waals surface area contributed by atoms with Crippen molar-refractivity contribution < 1.29 is 28.0 Å². The van der Waals surface area contributed by atoms with Crippen LogP contribution in [0.25, 0.3) is 0 Å². The second-order valence-corrected chi connectivity index (χ2v) is 8.94. The molecule has 0 bridgehead atoms. The maximum atomic E-state index is 12.1. The Morgan fingerprint density at radius 2 is 1.64 bits per heavy atom. The molecule has 1 aromatic rings. The summed E-state index contributed by atoms with van der Waals surface area (Å²) in [6, 6.07) is 6.95. The van der Waals surface area contributed by atoms with Crippen molar-refractivity contribution in [2.75, 3.05) is 18.8 Å². The van der Waals surface area contributed by atoms with Crippen LogP contribution < -0.4 is 0 Å². The summed E-state index contributed by atoms with van der Waals surface area (Å²) in [5.41, 5.74) is 0.690. The summed E-state index contributed by atoms with van der Waals surface area (Å²) >= 11 is 5.89. The predicted octanol–water partition coefficient (Wildman–Crippen LogP) is 2.95. The highest BCUT2D eigenvalue weighted by Gasteiger charge is 2.50. The van der Waals surface area contributed by atoms with Crippen LogP contribution in [-0.4, -0.2) is 37.4 Å². The summed E-state index contributed by atoms with van der Waals surface area (Å²) in [6.07, 6.45) is 1.24. The molecule has 2 fully saturated rings. The lowest BCUT2D eigenvalue weighted by molar-refractivity contribution is -0.663. The number of hydrogen-bond donors (Lipinski definition) is 0. The zero-order valence-electron chi connectivity index (χ0n) is 14.2. The van der Waals surface area contributed by atoms with E-state index in [0.29, 0.717) is 42.9 Å². The second-order valence-electron chi connectivity index (χ2n) is 6.41. The van der Waals surface area contributed by atoms with Crippen molar-refractivity contribution in [2.24, 2.45) is 0 Å². The highest BCUT2D eigenvalue weighted by molar-refractivity contribution is 7.89. The van der Waals surface area contributed by atoms with E-state index in [0.717, 1.165) is 0 Å². The Hall–Kier alpha value is -0.740. The molecule has 0 aromatic heterocycles. The van der Waals surface area contributed by atoms with Crippen molar-refractivity contribution in [1.29, 1.82) is 0 Å². The summed E-state index contributed by atoms with van der Waals surface area (Å²) in [5.74, 6) is -2.17. The Morgan fingerprint density at radius 1 is 1.08 bits per heavy atom. The summed E-state index contributed by atoms with van der Waals surface area (Å²) in [4.78, 5) is 22.0. The number of hydrogen-bond acceptors (Lipinski definition) is 6. The van der Waals surface area contributed by atoms with Crippen LogP contribution in [0.3, 0.4) is 0 Å². The molecule has 2 heterocycles. The second kappa shape index (κ2) is 7.11. The summed E-state index contributed by atoms with van der Waals surface area (Å²) in [7, 11) is -3.23. The van der Waals surface area contributed by atoms with Crippen molar-refractivity contribution in [3.05, 3.63) is 34.9 Å². The van der Waals surface area contributed by atoms with E-state index in [9.17, 15) is 8.42 Å². The monoisotopic (exact) mass is 391 g/mol. The molecule has 0 aliphatic carbocycles. The van der Waals surface area contributed by atoms with Crippen molar-refractivity contribution in [3.63, 3.8) is 0 Å². The lowest BCUT2D eigenvalue weighted by atomic mass is 10.1. The minimum Gasteiger partial charge on any atom is -0.212 e. The molecule has 2 aliphatic rings. The topological polar surface area (TPSA) is 74.3 Å². The lowest BCUT2D eigenvalue weighted by Crippen LogP contribution is -2.54. The number of piperidine rings is 1. The third-order valence-corrected chi connectivity index (χ3v) is 6.74. The average Bonchev–Trinajstić information content (AvgIpc) is 2.59. The van der Waals surface area contributed by atoms with E-state index < -0.39 is 21.6 Å². The van der Waals surface area contributed by atoms with Gasteiger partial charge < -0.3 is 0 Å². The molecule has 9 heteroatoms. The number of sulfonamides is 1. The van der Waals surface area contributed by atoms with Crippen LogP contribution in [0.5, 0.6) is 0 Å². The quantitative estimate of drug-likeness (QED) is 0.734. The largest absolute Gasteiger partial charge is 0.256 e. The number of halogens is 1. The van der Waals surface area contributed by atoms with Gasteiger partial charge in [0.25, 0.3) is 5.79 Å². The summed E-state index contributed by atoms with van der Waals surface area (Å²) < 4.78 is 25.7. The molecule has 140 valence electrons. The molecule has 0 amide bonds. The van der Waals surface area contributed by atoms with Gasteiger partial charge in [-0.15, -0.1) is 0 Å². The van der Waals surface area contributed by atoms with Crippen molar-refractivity contribution in [2.45, 2.75) is 44.7 Å². The van der Waals surface area contributed by atoms with Gasteiger partial charge in [-0.3, -0.25) is 0 Å². The molecule has 25 heavy (non-hydrogen) atoms. The minimum atomic E-state index is -3.23. The van der Waals surface area contributed by atoms with E-state index in [4.69, 9.17) is 31.2 Å². The first kappa shape index (κ1) is 19.0. The van der Waals surface area contributed by atoms with Crippen LogP contribution in [0.2, 0.25) is 5.02 Å². The fourth-order valence-electron chi connectivity index (χ4n) is 2.85. The van der Waals surface area contributed by atoms with E-state index in [1.165, 1.54) is 4.31 Å². The van der Waals surface area contributed by atoms with E-state index in [1.54, 1.807) is 31.2 Å². The fourth-order valence-corrected chi connectivity index (χ4v) is 4.49. The normalized spacial score (nSPS) is 23.6. The van der Waals surface area contributed by atoms with Gasteiger partial charge in [0.15, 0.2) is 0 Å². The number of rotatable bonds is 4. The average molecular weight is 392 g/mol. The van der Waals surface area contributed by atoms with Crippen molar-refractivity contribution in [1.82, 2.24) is 4.31 Å². The van der Waals surface area contributed by atoms with Gasteiger partial charge in [-0.25, -0.2) is 12.7 Å². The Kier molecular flexibility index (Phi) is 5.41. The number of nitrogens with zero attached hydrogens (tertiary/aromatic N) is 1. The molecule has 1 aromatic carbocycles. The van der Waals surface area contributed by atoms with Crippen LogP contribution in [0.4, 0.5) is 0 Å². The molecule has 0 saturated carbocycles. The third kappa shape index (κ3) is 4.00. The molecule has 7 nitrogen and oxygen atoms in total. The fraction of sp³-hybridized carbons (Fsp3) is 0.625. The molecule has 1 spiro atoms. The van der Waals surface area contributed by atoms with Crippen LogP contribution >= 0.6 is 11.6 Å². The molecule has 0 atom stereocenters. The number of benzene rings is 1. The Balaban J connectivity index is 1.62. The predicted molar refractivity (Wildman–Crippen MR) is 90.8 cm³/mol. The highest BCUT2D eigenvalue weighted by Crippen LogP contribution is 2.40. The minimum absolute atomic E-state index is 0.142. The third-order valence-electron chi connectivity index (χ3n) is 4.41. The molecule has 0 unspecified atom stereocenters. The van der Waals surface area contributed by atoms with E-state index in [-0.39, 0.29) is 5.75 Å². The first-order valence-electron chi connectivity index (χ1n) is 8.26. The zero-order chi connectivity index (χ0) is 18.1. The van der Waals surface area contributed by atoms with Gasteiger partial charge in [0.05, 0.1) is 5.75 Å². The molecule has 3 rings (SSSR count). The SMILES string of the molecule is CCCS(=O)(=O)N1CCC2(CC1)OOC(C)(c1ccc(Cl)cc1)OO2. The van der Waals surface area contributed by atoms with Gasteiger partial charge in [-0.1, -0.05) is 30.7 Å². The Bertz CT molecular complexity index is 690. The van der Waals surface area contributed by atoms with E-state index in [1.807, 2.05) is 6.92 Å². The van der Waals surface area contributed by atoms with Crippen LogP contribution in [0.15, 0.2) is 24.3 Å². The van der Waals surface area contributed by atoms with E-state index >= 15 is 0 Å². The maximum absolute atomic E-state index is 12.1. The van der Waals surface area contributed by atoms with Crippen LogP contribution in [-0.2, 0) is 35.4 Å². The van der Waals surface area contributed by atoms with Gasteiger partial charge >= 0.3 is 0 Å². The van der Waals surface area contributed by atoms with Crippen molar-refractivity contribution >= 4 is 21.6 Å². The summed E-state index contributed by atoms with van der Waals surface area (Å²) in [5, 5.41) is 0.599. The van der Waals surface area contributed by atoms with Crippen LogP contribution in [0, 0.1) is 0 Å². The molecule has 0 radical (unpaired) electrons. The highest BCUT2D eigenvalue weighted by atomic mass is 35.5. The van der Waals surface area contributed by atoms with Gasteiger partial charge in [0, 0.05) is 36.5 Å². The first-order valence-corrected chi connectivity index (χ1v) is 10.2. The Labute approximate surface area is 152 Å². The van der Waals surface area contributed by atoms with Crippen molar-refractivity contribution in [3.8, 4) is 0 Å². The standard InChI is InChI=1S/C16H22ClNO6S/c1-3-12-25(19,20)18-10-8-16(9-11-18)23-21-15(2,22-24-16)13-4-6-14(17)7-5-13/h4-7H,3,8-12H2,1-2H3. The Morgan fingerprint density at radius 3 is 2.16 bits per heavy atom. The molecule has 2 aliphatic heterocycles. The molecule has 0 N–H and O–H groups in total. The van der Waals surface area contributed by atoms with Crippen LogP contribution in [0.1, 0.15) is 38.7 Å². The zero-order valence-corrected chi connectivity index (χ0v) is 15.8. The van der Waals surface area contributed by atoms with Gasteiger partial charge in [-0.2, -0.15) is 19.6 Å².